The van der Waals surface area contributed by atoms with Gasteiger partial charge >= 0.3 is 17.7 Å². The fraction of sp³-hybridized carbons (Fsp3) is 0. The molecule has 0 fully saturated rings. The molecule has 0 unspecified atom stereocenters. The van der Waals surface area contributed by atoms with Gasteiger partial charge < -0.3 is 8.83 Å². The lowest BCUT2D eigenvalue weighted by atomic mass is 10.7. The zero-order valence-corrected chi connectivity index (χ0v) is 7.85. The maximum atomic E-state index is 5.26. The van der Waals surface area contributed by atoms with E-state index in [1.165, 1.54) is 0 Å². The van der Waals surface area contributed by atoms with Crippen molar-refractivity contribution in [3.63, 3.8) is 0 Å². The van der Waals surface area contributed by atoms with Crippen LogP contribution in [0.2, 0.25) is 0 Å². The van der Waals surface area contributed by atoms with Crippen LogP contribution in [0, 0.1) is 0 Å². The van der Waals surface area contributed by atoms with Crippen LogP contribution in [0.1, 0.15) is 0 Å². The van der Waals surface area contributed by atoms with Gasteiger partial charge in [-0.05, 0) is 12.1 Å². The number of rotatable bonds is 2. The van der Waals surface area contributed by atoms with E-state index in [0.29, 0.717) is 0 Å². The van der Waals surface area contributed by atoms with Crippen molar-refractivity contribution < 1.29 is 8.83 Å². The van der Waals surface area contributed by atoms with Crippen LogP contribution >= 0.6 is 6.70 Å². The molecule has 2 aromatic rings. The molecule has 0 spiro atoms. The summed E-state index contributed by atoms with van der Waals surface area (Å²) in [4.78, 5) is 0. The molecule has 2 heterocycles. The summed E-state index contributed by atoms with van der Waals surface area (Å²) in [5.41, 5.74) is 1.63. The first-order valence-corrected chi connectivity index (χ1v) is 5.78. The molecule has 0 N–H and O–H groups in total. The van der Waals surface area contributed by atoms with Gasteiger partial charge in [-0.15, -0.1) is 0 Å². The molecular formula is C8H6O2PS+. The smallest absolute Gasteiger partial charge is 0.328 e. The van der Waals surface area contributed by atoms with Gasteiger partial charge in [0.2, 0.25) is 0 Å². The average Bonchev–Trinajstić information content (AvgIpc) is 2.77. The molecule has 60 valence electrons. The molecule has 0 radical (unpaired) electrons. The molecule has 0 aliphatic rings. The van der Waals surface area contributed by atoms with Gasteiger partial charge in [-0.2, -0.15) is 0 Å². The molecule has 0 bridgehead atoms. The Morgan fingerprint density at radius 1 is 1.00 bits per heavy atom. The van der Waals surface area contributed by atoms with Crippen LogP contribution < -0.4 is 11.0 Å². The Labute approximate surface area is 75.6 Å². The normalized spacial score (nSPS) is 10.0. The van der Waals surface area contributed by atoms with Crippen LogP contribution in [0.4, 0.5) is 0 Å². The lowest BCUT2D eigenvalue weighted by molar-refractivity contribution is 0.594. The highest BCUT2D eigenvalue weighted by atomic mass is 32.4. The third-order valence-corrected chi connectivity index (χ3v) is 3.80. The van der Waals surface area contributed by atoms with Gasteiger partial charge in [0.15, 0.2) is 11.8 Å². The second-order valence-electron chi connectivity index (χ2n) is 2.20. The van der Waals surface area contributed by atoms with Crippen molar-refractivity contribution >= 4 is 29.5 Å². The molecule has 0 saturated carbocycles. The molecule has 0 aliphatic carbocycles. The van der Waals surface area contributed by atoms with Crippen molar-refractivity contribution in [2.24, 2.45) is 0 Å². The maximum absolute atomic E-state index is 5.26. The summed E-state index contributed by atoms with van der Waals surface area (Å²) < 4.78 is 10.4. The summed E-state index contributed by atoms with van der Waals surface area (Å²) in [7, 11) is 0. The van der Waals surface area contributed by atoms with E-state index >= 15 is 0 Å². The van der Waals surface area contributed by atoms with E-state index in [4.69, 9.17) is 20.6 Å². The molecule has 0 atom stereocenters. The van der Waals surface area contributed by atoms with E-state index in [9.17, 15) is 0 Å². The first-order chi connectivity index (χ1) is 5.88. The molecule has 12 heavy (non-hydrogen) atoms. The van der Waals surface area contributed by atoms with Gasteiger partial charge in [0, 0.05) is 12.1 Å². The van der Waals surface area contributed by atoms with Crippen LogP contribution in [0.15, 0.2) is 45.6 Å². The van der Waals surface area contributed by atoms with Crippen LogP contribution in [-0.4, -0.2) is 0 Å². The molecule has 0 amide bonds. The van der Waals surface area contributed by atoms with Gasteiger partial charge in [-0.3, -0.25) is 0 Å². The third kappa shape index (κ3) is 1.33. The average molecular weight is 197 g/mol. The zero-order chi connectivity index (χ0) is 8.39. The molecule has 0 aromatic carbocycles. The van der Waals surface area contributed by atoms with Crippen molar-refractivity contribution in [1.29, 1.82) is 0 Å². The highest BCUT2D eigenvalue weighted by molar-refractivity contribution is 8.11. The fourth-order valence-corrected chi connectivity index (χ4v) is 2.48. The second kappa shape index (κ2) is 3.21. The van der Waals surface area contributed by atoms with Crippen LogP contribution in [0.5, 0.6) is 0 Å². The molecule has 0 aliphatic heterocycles. The molecule has 4 heteroatoms. The monoisotopic (exact) mass is 197 g/mol. The summed E-state index contributed by atoms with van der Waals surface area (Å²) in [6.45, 7) is -0.847. The predicted molar refractivity (Wildman–Crippen MR) is 51.0 cm³/mol. The Kier molecular flexibility index (Phi) is 2.07. The summed E-state index contributed by atoms with van der Waals surface area (Å²) in [6.07, 6.45) is 3.25. The van der Waals surface area contributed by atoms with Crippen molar-refractivity contribution in [2.75, 3.05) is 0 Å². The lowest BCUT2D eigenvalue weighted by Crippen LogP contribution is -2.00. The lowest BCUT2D eigenvalue weighted by Gasteiger charge is -1.79. The first-order valence-electron chi connectivity index (χ1n) is 3.42. The highest BCUT2D eigenvalue weighted by Gasteiger charge is 2.23. The Balaban J connectivity index is 2.34. The van der Waals surface area contributed by atoms with E-state index in [1.54, 1.807) is 12.5 Å². The van der Waals surface area contributed by atoms with Crippen molar-refractivity contribution in [3.05, 3.63) is 36.8 Å². The summed E-state index contributed by atoms with van der Waals surface area (Å²) in [5, 5.41) is 0. The van der Waals surface area contributed by atoms with Crippen LogP contribution in [0.25, 0.3) is 0 Å². The summed E-state index contributed by atoms with van der Waals surface area (Å²) in [5.74, 6) is 0. The van der Waals surface area contributed by atoms with Crippen molar-refractivity contribution in [3.8, 4) is 0 Å². The van der Waals surface area contributed by atoms with E-state index in [2.05, 4.69) is 0 Å². The van der Waals surface area contributed by atoms with E-state index in [0.717, 1.165) is 11.0 Å². The van der Waals surface area contributed by atoms with Crippen molar-refractivity contribution in [1.82, 2.24) is 0 Å². The van der Waals surface area contributed by atoms with E-state index in [-0.39, 0.29) is 0 Å². The molecule has 2 aromatic heterocycles. The Hall–Kier alpha value is -0.920. The Morgan fingerprint density at radius 2 is 1.50 bits per heavy atom. The maximum Gasteiger partial charge on any atom is 0.328 e. The summed E-state index contributed by atoms with van der Waals surface area (Å²) >= 11 is 5.26. The van der Waals surface area contributed by atoms with Gasteiger partial charge in [0.25, 0.3) is 0 Å². The summed E-state index contributed by atoms with van der Waals surface area (Å²) in [6, 6.07) is 7.42. The largest absolute Gasteiger partial charge is 0.428 e. The molecule has 2 nitrogen and oxygen atoms in total. The SMILES string of the molecule is S=[P+](c1ccco1)c1ccco1. The van der Waals surface area contributed by atoms with E-state index in [1.807, 2.05) is 24.3 Å². The van der Waals surface area contributed by atoms with Crippen LogP contribution in [-0.2, 0) is 11.8 Å². The Morgan fingerprint density at radius 3 is 1.83 bits per heavy atom. The number of hydrogen-bond donors (Lipinski definition) is 0. The van der Waals surface area contributed by atoms with Gasteiger partial charge in [0.1, 0.15) is 0 Å². The second-order valence-corrected chi connectivity index (χ2v) is 4.76. The highest BCUT2D eigenvalue weighted by Crippen LogP contribution is 2.19. The number of hydrogen-bond acceptors (Lipinski definition) is 3. The quantitative estimate of drug-likeness (QED) is 0.686. The zero-order valence-electron chi connectivity index (χ0n) is 6.14. The Bertz CT molecular complexity index is 327. The first kappa shape index (κ1) is 7.71. The fourth-order valence-electron chi connectivity index (χ4n) is 0.879. The van der Waals surface area contributed by atoms with Crippen molar-refractivity contribution in [2.45, 2.75) is 0 Å². The van der Waals surface area contributed by atoms with E-state index < -0.39 is 6.70 Å². The third-order valence-electron chi connectivity index (χ3n) is 1.41. The number of furan rings is 2. The minimum atomic E-state index is -0.847. The molecule has 0 saturated heterocycles. The topological polar surface area (TPSA) is 26.3 Å². The van der Waals surface area contributed by atoms with Crippen LogP contribution in [0.3, 0.4) is 0 Å². The minimum Gasteiger partial charge on any atom is -0.428 e. The standard InChI is InChI=1S/C8H6O2PS/c12-11(7-3-1-5-9-7)8-4-2-6-10-8/h1-6H/q+1. The van der Waals surface area contributed by atoms with Gasteiger partial charge in [-0.25, -0.2) is 0 Å². The minimum absolute atomic E-state index is 0.815. The van der Waals surface area contributed by atoms with Gasteiger partial charge in [0.05, 0.1) is 12.5 Å². The molecular weight excluding hydrogens is 191 g/mol. The van der Waals surface area contributed by atoms with Gasteiger partial charge in [-0.1, -0.05) is 0 Å². The molecule has 2 rings (SSSR count). The predicted octanol–water partition coefficient (Wildman–Crippen LogP) is 1.77.